The van der Waals surface area contributed by atoms with Gasteiger partial charge in [-0.2, -0.15) is 8.42 Å². The van der Waals surface area contributed by atoms with Crippen LogP contribution in [0.15, 0.2) is 0 Å². The van der Waals surface area contributed by atoms with Crippen LogP contribution in [0.3, 0.4) is 0 Å². The fraction of sp³-hybridized carbons (Fsp3) is 1.00. The molecule has 0 aromatic rings. The quantitative estimate of drug-likeness (QED) is 0.488. The molecule has 0 saturated carbocycles. The van der Waals surface area contributed by atoms with Crippen LogP contribution in [0.2, 0.25) is 5.09 Å². The van der Waals surface area contributed by atoms with Crippen LogP contribution >= 0.6 is 0 Å². The zero-order valence-corrected chi connectivity index (χ0v) is 6.98. The molecule has 0 aromatic heterocycles. The van der Waals surface area contributed by atoms with Gasteiger partial charge in [0.25, 0.3) is 0 Å². The molecule has 2 N–H and O–H groups in total. The molecule has 0 radical (unpaired) electrons. The van der Waals surface area contributed by atoms with Crippen LogP contribution < -0.4 is 0 Å². The van der Waals surface area contributed by atoms with E-state index < -0.39 is 23.0 Å². The van der Waals surface area contributed by atoms with Crippen molar-refractivity contribution in [1.29, 1.82) is 0 Å². The van der Waals surface area contributed by atoms with Crippen molar-refractivity contribution in [3.8, 4) is 0 Å². The molecule has 0 spiro atoms. The fourth-order valence-electron chi connectivity index (χ4n) is 0.283. The summed E-state index contributed by atoms with van der Waals surface area (Å²) in [5.74, 6) is 0. The van der Waals surface area contributed by atoms with Gasteiger partial charge in [-0.1, -0.05) is 0 Å². The first-order valence-corrected chi connectivity index (χ1v) is 4.22. The van der Waals surface area contributed by atoms with Crippen molar-refractivity contribution in [2.75, 3.05) is 0 Å². The third-order valence-electron chi connectivity index (χ3n) is 0.533. The Morgan fingerprint density at radius 2 is 1.50 bits per heavy atom. The monoisotopic (exact) mass is 202 g/mol. The molecule has 4 nitrogen and oxygen atoms in total. The van der Waals surface area contributed by atoms with E-state index in [1.54, 1.807) is 0 Å². The molecule has 0 atom stereocenters. The van der Waals surface area contributed by atoms with Gasteiger partial charge in [-0.25, -0.2) is 0 Å². The first-order valence-electron chi connectivity index (χ1n) is 2.83. The molecule has 0 aliphatic heterocycles. The van der Waals surface area contributed by atoms with Crippen LogP contribution in [-0.4, -0.2) is 41.4 Å². The van der Waals surface area contributed by atoms with Crippen molar-refractivity contribution in [3.63, 3.8) is 0 Å². The summed E-state index contributed by atoms with van der Waals surface area (Å²) in [4.78, 5) is 0. The summed E-state index contributed by atoms with van der Waals surface area (Å²) in [6.45, 7) is 0. The summed E-state index contributed by atoms with van der Waals surface area (Å²) in [6, 6.07) is 0. The van der Waals surface area contributed by atoms with Crippen molar-refractivity contribution in [2.24, 2.45) is 0 Å². The van der Waals surface area contributed by atoms with Crippen molar-refractivity contribution in [3.05, 3.63) is 0 Å². The van der Waals surface area contributed by atoms with E-state index in [4.69, 9.17) is 17.5 Å². The SMILES string of the molecule is O=S(=O)(O)O.[Li][CH2]CC(F)(F)F. The Labute approximate surface area is 76.9 Å². The molecule has 70 valence electrons. The summed E-state index contributed by atoms with van der Waals surface area (Å²) in [7, 11) is -4.67. The van der Waals surface area contributed by atoms with Crippen molar-refractivity contribution in [1.82, 2.24) is 0 Å². The molecular weight excluding hydrogens is 196 g/mol. The molecule has 0 heterocycles. The van der Waals surface area contributed by atoms with Gasteiger partial charge in [0.05, 0.1) is 0 Å². The molecule has 0 bridgehead atoms. The third-order valence-corrected chi connectivity index (χ3v) is 0.533. The summed E-state index contributed by atoms with van der Waals surface area (Å²) in [5.41, 5.74) is 0. The molecule has 0 rings (SSSR count). The molecule has 0 fully saturated rings. The number of rotatable bonds is 1. The fourth-order valence-corrected chi connectivity index (χ4v) is 0.283. The van der Waals surface area contributed by atoms with Gasteiger partial charge in [-0.3, -0.25) is 9.11 Å². The summed E-state index contributed by atoms with van der Waals surface area (Å²) < 4.78 is 64.8. The van der Waals surface area contributed by atoms with E-state index >= 15 is 0 Å². The Morgan fingerprint density at radius 3 is 1.50 bits per heavy atom. The Morgan fingerprint density at radius 1 is 1.25 bits per heavy atom. The first kappa shape index (κ1) is 14.8. The number of hydrogen-bond donors (Lipinski definition) is 2. The number of alkyl halides is 3. The Balaban J connectivity index is 0. The topological polar surface area (TPSA) is 74.6 Å². The van der Waals surface area contributed by atoms with Gasteiger partial charge in [0.2, 0.25) is 0 Å². The Kier molecular flexibility index (Phi) is 7.17. The first-order chi connectivity index (χ1) is 5.06. The van der Waals surface area contributed by atoms with Crippen molar-refractivity contribution in [2.45, 2.75) is 17.7 Å². The normalized spacial score (nSPS) is 11.9. The predicted molar refractivity (Wildman–Crippen MR) is 35.4 cm³/mol. The van der Waals surface area contributed by atoms with Crippen LogP contribution in [0.1, 0.15) is 6.42 Å². The van der Waals surface area contributed by atoms with Crippen LogP contribution in [0.5, 0.6) is 0 Å². The third kappa shape index (κ3) is 48.5. The zero-order chi connectivity index (χ0) is 10.4. The van der Waals surface area contributed by atoms with Crippen LogP contribution in [0.25, 0.3) is 0 Å². The van der Waals surface area contributed by atoms with Gasteiger partial charge in [0.1, 0.15) is 0 Å². The van der Waals surface area contributed by atoms with Gasteiger partial charge >= 0.3 is 59.0 Å². The molecule has 0 saturated heterocycles. The average Bonchev–Trinajstić information content (AvgIpc) is 1.54. The van der Waals surface area contributed by atoms with Crippen LogP contribution in [-0.2, 0) is 10.4 Å². The van der Waals surface area contributed by atoms with E-state index in [2.05, 4.69) is 0 Å². The molecule has 12 heavy (non-hydrogen) atoms. The van der Waals surface area contributed by atoms with E-state index in [1.807, 2.05) is 0 Å². The second-order valence-corrected chi connectivity index (χ2v) is 2.71. The number of halogens is 3. The molecule has 0 aliphatic carbocycles. The van der Waals surface area contributed by atoms with Crippen LogP contribution in [0.4, 0.5) is 13.2 Å². The van der Waals surface area contributed by atoms with Crippen molar-refractivity contribution < 1.29 is 30.7 Å². The predicted octanol–water partition coefficient (Wildman–Crippen LogP) is 0.873. The zero-order valence-electron chi connectivity index (χ0n) is 6.17. The Bertz CT molecular complexity index is 190. The van der Waals surface area contributed by atoms with E-state index in [0.717, 1.165) is 0 Å². The summed E-state index contributed by atoms with van der Waals surface area (Å²) in [5, 5.41) is 0.184. The van der Waals surface area contributed by atoms with Gasteiger partial charge in [0, 0.05) is 0 Å². The molecular formula is C3H6F3LiO4S. The minimum absolute atomic E-state index is 0.184. The van der Waals surface area contributed by atoms with Crippen LogP contribution in [0, 0.1) is 0 Å². The minimum atomic E-state index is -4.67. The Hall–Kier alpha value is 0.257. The summed E-state index contributed by atoms with van der Waals surface area (Å²) in [6.07, 6.45) is -4.61. The second-order valence-electron chi connectivity index (χ2n) is 1.81. The van der Waals surface area contributed by atoms with Gasteiger partial charge in [-0.15, -0.1) is 0 Å². The molecule has 0 aromatic carbocycles. The van der Waals surface area contributed by atoms with E-state index in [1.165, 1.54) is 17.7 Å². The van der Waals surface area contributed by atoms with E-state index in [0.29, 0.717) is 0 Å². The molecule has 0 aliphatic rings. The molecule has 9 heteroatoms. The maximum absolute atomic E-state index is 11.1. The molecule has 0 amide bonds. The average molecular weight is 202 g/mol. The van der Waals surface area contributed by atoms with Gasteiger partial charge in [-0.05, 0) is 0 Å². The maximum atomic E-state index is 11.1. The number of hydrogen-bond acceptors (Lipinski definition) is 2. The van der Waals surface area contributed by atoms with Gasteiger partial charge in [0.15, 0.2) is 0 Å². The van der Waals surface area contributed by atoms with Gasteiger partial charge < -0.3 is 0 Å². The summed E-state index contributed by atoms with van der Waals surface area (Å²) >= 11 is 1.51. The van der Waals surface area contributed by atoms with E-state index in [-0.39, 0.29) is 5.09 Å². The molecule has 0 unspecified atom stereocenters. The standard InChI is InChI=1S/C3H4F3.Li.H2O4S/c1-2-3(4,5)6;;1-5(2,3)4/h1-2H2;;(H2,1,2,3,4). The van der Waals surface area contributed by atoms with E-state index in [9.17, 15) is 13.2 Å². The van der Waals surface area contributed by atoms with Crippen molar-refractivity contribution >= 4 is 28.1 Å². The second kappa shape index (κ2) is 5.83.